The van der Waals surface area contributed by atoms with Gasteiger partial charge in [-0.1, -0.05) is 50.2 Å². The van der Waals surface area contributed by atoms with Crippen molar-refractivity contribution >= 4 is 11.7 Å². The summed E-state index contributed by atoms with van der Waals surface area (Å²) in [4.78, 5) is 26.5. The van der Waals surface area contributed by atoms with Crippen molar-refractivity contribution < 1.29 is 19.1 Å². The molecule has 2 aromatic rings. The number of benzene rings is 2. The molecule has 0 radical (unpaired) electrons. The molecule has 1 aliphatic heterocycles. The number of carbonyl (C=O) groups is 2. The predicted octanol–water partition coefficient (Wildman–Crippen LogP) is 4.71. The fourth-order valence-corrected chi connectivity index (χ4v) is 4.90. The summed E-state index contributed by atoms with van der Waals surface area (Å²) >= 11 is 0. The van der Waals surface area contributed by atoms with E-state index in [1.165, 1.54) is 0 Å². The number of methoxy groups -OCH3 is 1. The zero-order valence-corrected chi connectivity index (χ0v) is 20.1. The number of carbonyl (C=O) groups excluding carboxylic acids is 2. The van der Waals surface area contributed by atoms with Crippen LogP contribution in [0.4, 0.5) is 0 Å². The topological polar surface area (TPSA) is 59.1 Å². The van der Waals surface area contributed by atoms with Gasteiger partial charge in [0.25, 0.3) is 0 Å². The van der Waals surface area contributed by atoms with Gasteiger partial charge in [0, 0.05) is 44.1 Å². The molecule has 0 bridgehead atoms. The molecule has 4 rings (SSSR count). The molecular formula is C27H32N2O4. The number of nitrogens with zero attached hydrogens (tertiary/aromatic N) is 2. The summed E-state index contributed by atoms with van der Waals surface area (Å²) in [5.41, 5.74) is 3.36. The van der Waals surface area contributed by atoms with Gasteiger partial charge in [0.15, 0.2) is 17.3 Å². The molecule has 1 atom stereocenters. The molecule has 1 unspecified atom stereocenters. The van der Waals surface area contributed by atoms with E-state index in [2.05, 4.69) is 13.8 Å². The lowest BCUT2D eigenvalue weighted by Gasteiger charge is -2.44. The molecule has 33 heavy (non-hydrogen) atoms. The molecule has 6 nitrogen and oxygen atoms in total. The number of allylic oxidation sites excluding steroid dienone is 2. The first-order valence-electron chi connectivity index (χ1n) is 11.3. The van der Waals surface area contributed by atoms with E-state index in [0.717, 1.165) is 22.4 Å². The second kappa shape index (κ2) is 9.02. The number of rotatable bonds is 6. The zero-order valence-electron chi connectivity index (χ0n) is 20.1. The molecule has 6 heteroatoms. The maximum Gasteiger partial charge on any atom is 0.242 e. The second-order valence-electron chi connectivity index (χ2n) is 9.80. The summed E-state index contributed by atoms with van der Waals surface area (Å²) in [6.07, 6.45) is 1.41. The number of Topliss-reactive ketones (excluding diaryl/α,β-unsaturated/α-hetero) is 1. The van der Waals surface area contributed by atoms with Crippen LogP contribution < -0.4 is 9.47 Å². The summed E-state index contributed by atoms with van der Waals surface area (Å²) < 4.78 is 11.6. The van der Waals surface area contributed by atoms with E-state index < -0.39 is 0 Å². The van der Waals surface area contributed by atoms with Gasteiger partial charge in [-0.15, -0.1) is 0 Å². The van der Waals surface area contributed by atoms with Gasteiger partial charge in [-0.2, -0.15) is 0 Å². The summed E-state index contributed by atoms with van der Waals surface area (Å²) in [5, 5.41) is 3.46. The summed E-state index contributed by atoms with van der Waals surface area (Å²) in [6.45, 7) is 4.59. The van der Waals surface area contributed by atoms with Gasteiger partial charge in [-0.3, -0.25) is 9.59 Å². The number of hydrogen-bond donors (Lipinski definition) is 0. The minimum Gasteiger partial charge on any atom is -0.493 e. The lowest BCUT2D eigenvalue weighted by atomic mass is 9.69. The van der Waals surface area contributed by atoms with Crippen LogP contribution in [-0.2, 0) is 16.2 Å². The lowest BCUT2D eigenvalue weighted by Crippen LogP contribution is -2.49. The van der Waals surface area contributed by atoms with Gasteiger partial charge in [0.2, 0.25) is 5.91 Å². The maximum atomic E-state index is 13.3. The van der Waals surface area contributed by atoms with Crippen molar-refractivity contribution in [3.8, 4) is 11.5 Å². The Kier molecular flexibility index (Phi) is 6.30. The zero-order chi connectivity index (χ0) is 23.8. The predicted molar refractivity (Wildman–Crippen MR) is 127 cm³/mol. The van der Waals surface area contributed by atoms with Crippen molar-refractivity contribution in [1.29, 1.82) is 0 Å². The van der Waals surface area contributed by atoms with E-state index in [1.807, 2.05) is 62.6 Å². The highest BCUT2D eigenvalue weighted by Crippen LogP contribution is 2.48. The van der Waals surface area contributed by atoms with Crippen LogP contribution in [0.25, 0.3) is 0 Å². The van der Waals surface area contributed by atoms with Gasteiger partial charge in [-0.25, -0.2) is 10.0 Å². The fraction of sp³-hybridized carbons (Fsp3) is 0.407. The molecule has 0 fully saturated rings. The molecule has 174 valence electrons. The van der Waals surface area contributed by atoms with Gasteiger partial charge in [-0.05, 0) is 35.1 Å². The highest BCUT2D eigenvalue weighted by atomic mass is 16.5. The molecule has 2 aliphatic rings. The molecule has 1 heterocycles. The Morgan fingerprint density at radius 2 is 1.76 bits per heavy atom. The number of ketones is 1. The Labute approximate surface area is 195 Å². The molecule has 0 spiro atoms. The highest BCUT2D eigenvalue weighted by molar-refractivity contribution is 6.02. The first kappa shape index (κ1) is 23.1. The van der Waals surface area contributed by atoms with Crippen LogP contribution in [-0.4, -0.2) is 42.9 Å². The molecule has 0 aromatic heterocycles. The Morgan fingerprint density at radius 1 is 1.03 bits per heavy atom. The van der Waals surface area contributed by atoms with Crippen molar-refractivity contribution in [3.63, 3.8) is 0 Å². The van der Waals surface area contributed by atoms with Crippen LogP contribution in [0.5, 0.6) is 11.5 Å². The third kappa shape index (κ3) is 4.67. The maximum absolute atomic E-state index is 13.3. The average Bonchev–Trinajstić information content (AvgIpc) is 2.76. The van der Waals surface area contributed by atoms with Crippen LogP contribution in [0.15, 0.2) is 59.8 Å². The first-order valence-corrected chi connectivity index (χ1v) is 11.3. The SMILES string of the molecule is COc1cc(C2CC(=O)N(N(C)C)C3=C2C(=O)CC(C)(C)C3)ccc1OCc1ccccc1. The minimum absolute atomic E-state index is 0.00220. The summed E-state index contributed by atoms with van der Waals surface area (Å²) in [5.74, 6) is 1.06. The van der Waals surface area contributed by atoms with E-state index in [4.69, 9.17) is 9.47 Å². The number of amides is 1. The van der Waals surface area contributed by atoms with Gasteiger partial charge in [0.05, 0.1) is 7.11 Å². The standard InChI is InChI=1S/C27H32N2O4/c1-27(2)15-21-26(22(30)16-27)20(14-25(31)29(21)28(3)4)19-11-12-23(24(13-19)32-5)33-17-18-9-7-6-8-10-18/h6-13,20H,14-17H2,1-5H3. The van der Waals surface area contributed by atoms with Crippen LogP contribution in [0.1, 0.15) is 50.2 Å². The smallest absolute Gasteiger partial charge is 0.242 e. The Bertz CT molecular complexity index is 1090. The van der Waals surface area contributed by atoms with Crippen molar-refractivity contribution in [1.82, 2.24) is 10.0 Å². The van der Waals surface area contributed by atoms with E-state index >= 15 is 0 Å². The van der Waals surface area contributed by atoms with E-state index in [-0.39, 0.29) is 29.4 Å². The number of hydrazine groups is 1. The van der Waals surface area contributed by atoms with Crippen molar-refractivity contribution in [2.75, 3.05) is 21.2 Å². The van der Waals surface area contributed by atoms with Crippen molar-refractivity contribution in [2.45, 2.75) is 45.6 Å². The molecule has 1 aliphatic carbocycles. The van der Waals surface area contributed by atoms with Crippen LogP contribution >= 0.6 is 0 Å². The molecule has 2 aromatic carbocycles. The molecule has 0 N–H and O–H groups in total. The number of ether oxygens (including phenoxy) is 2. The lowest BCUT2D eigenvalue weighted by molar-refractivity contribution is -0.143. The summed E-state index contributed by atoms with van der Waals surface area (Å²) in [6, 6.07) is 15.7. The van der Waals surface area contributed by atoms with E-state index in [0.29, 0.717) is 30.9 Å². The Hall–Kier alpha value is -3.12. The number of hydrogen-bond acceptors (Lipinski definition) is 5. The van der Waals surface area contributed by atoms with Crippen LogP contribution in [0.3, 0.4) is 0 Å². The normalized spacial score (nSPS) is 20.2. The first-order chi connectivity index (χ1) is 15.7. The molecular weight excluding hydrogens is 416 g/mol. The molecule has 0 saturated carbocycles. The average molecular weight is 449 g/mol. The van der Waals surface area contributed by atoms with E-state index in [1.54, 1.807) is 17.1 Å². The van der Waals surface area contributed by atoms with Crippen LogP contribution in [0.2, 0.25) is 0 Å². The summed E-state index contributed by atoms with van der Waals surface area (Å²) in [7, 11) is 5.29. The van der Waals surface area contributed by atoms with Crippen LogP contribution in [0, 0.1) is 5.41 Å². The van der Waals surface area contributed by atoms with Gasteiger partial charge >= 0.3 is 0 Å². The fourth-order valence-electron chi connectivity index (χ4n) is 4.90. The van der Waals surface area contributed by atoms with Crippen molar-refractivity contribution in [2.24, 2.45) is 5.41 Å². The second-order valence-corrected chi connectivity index (χ2v) is 9.80. The molecule has 1 amide bonds. The van der Waals surface area contributed by atoms with Crippen molar-refractivity contribution in [3.05, 3.63) is 70.9 Å². The third-order valence-electron chi connectivity index (χ3n) is 6.34. The highest BCUT2D eigenvalue weighted by Gasteiger charge is 2.44. The third-order valence-corrected chi connectivity index (χ3v) is 6.34. The Balaban J connectivity index is 1.69. The largest absolute Gasteiger partial charge is 0.493 e. The van der Waals surface area contributed by atoms with E-state index in [9.17, 15) is 9.59 Å². The quantitative estimate of drug-likeness (QED) is 0.641. The monoisotopic (exact) mass is 448 g/mol. The van der Waals surface area contributed by atoms with Gasteiger partial charge in [0.1, 0.15) is 6.61 Å². The minimum atomic E-state index is -0.288. The molecule has 0 saturated heterocycles. The Morgan fingerprint density at radius 3 is 2.42 bits per heavy atom. The van der Waals surface area contributed by atoms with Gasteiger partial charge < -0.3 is 9.47 Å².